The van der Waals surface area contributed by atoms with E-state index in [9.17, 15) is 4.79 Å². The number of carbonyl (C=O) groups excluding carboxylic acids is 1. The van der Waals surface area contributed by atoms with E-state index < -0.39 is 0 Å². The van der Waals surface area contributed by atoms with Crippen molar-refractivity contribution in [3.63, 3.8) is 0 Å². The van der Waals surface area contributed by atoms with E-state index >= 15 is 0 Å². The summed E-state index contributed by atoms with van der Waals surface area (Å²) in [5.41, 5.74) is 4.04. The predicted molar refractivity (Wildman–Crippen MR) is 103 cm³/mol. The summed E-state index contributed by atoms with van der Waals surface area (Å²) in [5, 5.41) is 2.15. The molecule has 0 unspecified atom stereocenters. The van der Waals surface area contributed by atoms with Crippen LogP contribution in [0.2, 0.25) is 0 Å². The molecule has 4 rings (SSSR count). The van der Waals surface area contributed by atoms with Crippen LogP contribution < -0.4 is 4.90 Å². The fourth-order valence-corrected chi connectivity index (χ4v) is 3.70. The fourth-order valence-electron chi connectivity index (χ4n) is 3.70. The Hall–Kier alpha value is -2.95. The second-order valence-corrected chi connectivity index (χ2v) is 6.97. The number of anilines is 1. The molecule has 132 valence electrons. The van der Waals surface area contributed by atoms with Crippen LogP contribution in [0.3, 0.4) is 0 Å². The molecule has 0 aliphatic carbocycles. The van der Waals surface area contributed by atoms with Gasteiger partial charge in [0.05, 0.1) is 12.2 Å². The Balaban J connectivity index is 1.69. The number of rotatable bonds is 2. The van der Waals surface area contributed by atoms with Crippen LogP contribution in [0.4, 0.5) is 5.82 Å². The minimum absolute atomic E-state index is 0.0665. The summed E-state index contributed by atoms with van der Waals surface area (Å²) in [6, 6.07) is 12.1. The van der Waals surface area contributed by atoms with Gasteiger partial charge in [-0.1, -0.05) is 30.3 Å². The molecule has 3 aromatic rings. The van der Waals surface area contributed by atoms with Gasteiger partial charge >= 0.3 is 0 Å². The van der Waals surface area contributed by atoms with E-state index in [1.807, 2.05) is 54.2 Å². The molecule has 0 radical (unpaired) electrons. The summed E-state index contributed by atoms with van der Waals surface area (Å²) in [5.74, 6) is 1.01. The van der Waals surface area contributed by atoms with Crippen molar-refractivity contribution in [2.24, 2.45) is 0 Å². The highest BCUT2D eigenvalue weighted by Crippen LogP contribution is 2.28. The van der Waals surface area contributed by atoms with E-state index in [-0.39, 0.29) is 5.91 Å². The fraction of sp³-hybridized carbons (Fsp3) is 0.286. The Morgan fingerprint density at radius 1 is 1.08 bits per heavy atom. The van der Waals surface area contributed by atoms with Crippen molar-refractivity contribution in [2.75, 3.05) is 25.5 Å². The van der Waals surface area contributed by atoms with Gasteiger partial charge in [0.2, 0.25) is 0 Å². The number of aromatic nitrogens is 2. The second kappa shape index (κ2) is 6.41. The van der Waals surface area contributed by atoms with E-state index in [1.165, 1.54) is 5.56 Å². The molecule has 0 bridgehead atoms. The van der Waals surface area contributed by atoms with Crippen LogP contribution in [0.5, 0.6) is 0 Å². The zero-order valence-corrected chi connectivity index (χ0v) is 15.4. The third-order valence-electron chi connectivity index (χ3n) is 5.07. The molecular weight excluding hydrogens is 324 g/mol. The average Bonchev–Trinajstić information content (AvgIpc) is 2.67. The van der Waals surface area contributed by atoms with E-state index in [0.717, 1.165) is 39.8 Å². The first kappa shape index (κ1) is 16.5. The third kappa shape index (κ3) is 2.69. The van der Waals surface area contributed by atoms with Gasteiger partial charge in [0, 0.05) is 31.8 Å². The van der Waals surface area contributed by atoms with Crippen molar-refractivity contribution < 1.29 is 4.79 Å². The molecule has 0 atom stereocenters. The molecular formula is C21H22N4O. The lowest BCUT2D eigenvalue weighted by molar-refractivity contribution is 0.0734. The van der Waals surface area contributed by atoms with Gasteiger partial charge < -0.3 is 9.80 Å². The molecule has 26 heavy (non-hydrogen) atoms. The maximum Gasteiger partial charge on any atom is 0.254 e. The van der Waals surface area contributed by atoms with Gasteiger partial charge in [0.1, 0.15) is 12.1 Å². The predicted octanol–water partition coefficient (Wildman–Crippen LogP) is 3.20. The SMILES string of the molecule is Cc1ccc(C(=O)N2CCc3c(ncnc3N(C)C)C2)c2ccccc12. The number of fused-ring (bicyclic) bond motifs is 2. The molecule has 2 aromatic carbocycles. The standard InChI is InChI=1S/C21H22N4O/c1-14-8-9-17(16-7-5-4-6-15(14)16)21(26)25-11-10-18-19(12-25)22-13-23-20(18)24(2)3/h4-9,13H,10-12H2,1-3H3. The van der Waals surface area contributed by atoms with Crippen LogP contribution in [0, 0.1) is 6.92 Å². The van der Waals surface area contributed by atoms with Crippen LogP contribution in [0.1, 0.15) is 27.2 Å². The minimum atomic E-state index is 0.0665. The largest absolute Gasteiger partial charge is 0.362 e. The molecule has 1 amide bonds. The number of nitrogens with zero attached hydrogens (tertiary/aromatic N) is 4. The van der Waals surface area contributed by atoms with Crippen LogP contribution in [-0.4, -0.2) is 41.4 Å². The van der Waals surface area contributed by atoms with E-state index in [4.69, 9.17) is 0 Å². The molecule has 1 aliphatic heterocycles. The van der Waals surface area contributed by atoms with Crippen molar-refractivity contribution in [1.29, 1.82) is 0 Å². The van der Waals surface area contributed by atoms with Crippen LogP contribution >= 0.6 is 0 Å². The topological polar surface area (TPSA) is 49.3 Å². The smallest absolute Gasteiger partial charge is 0.254 e. The number of amides is 1. The zero-order chi connectivity index (χ0) is 18.3. The molecule has 0 spiro atoms. The van der Waals surface area contributed by atoms with Gasteiger partial charge in [-0.3, -0.25) is 4.79 Å². The summed E-state index contributed by atoms with van der Waals surface area (Å²) in [7, 11) is 3.97. The Morgan fingerprint density at radius 2 is 1.85 bits per heavy atom. The quantitative estimate of drug-likeness (QED) is 0.715. The number of carbonyl (C=O) groups is 1. The summed E-state index contributed by atoms with van der Waals surface area (Å²) in [6.07, 6.45) is 2.36. The van der Waals surface area contributed by atoms with Crippen LogP contribution in [0.15, 0.2) is 42.7 Å². The van der Waals surface area contributed by atoms with Gasteiger partial charge in [-0.2, -0.15) is 0 Å². The Labute approximate surface area is 153 Å². The van der Waals surface area contributed by atoms with Gasteiger partial charge in [0.25, 0.3) is 5.91 Å². The van der Waals surface area contributed by atoms with Gasteiger partial charge in [-0.15, -0.1) is 0 Å². The number of hydrogen-bond acceptors (Lipinski definition) is 4. The zero-order valence-electron chi connectivity index (χ0n) is 15.4. The lowest BCUT2D eigenvalue weighted by atomic mass is 9.98. The van der Waals surface area contributed by atoms with Crippen molar-refractivity contribution >= 4 is 22.5 Å². The third-order valence-corrected chi connectivity index (χ3v) is 5.07. The number of aryl methyl sites for hydroxylation is 1. The maximum absolute atomic E-state index is 13.2. The molecule has 5 heteroatoms. The van der Waals surface area contributed by atoms with Gasteiger partial charge in [0.15, 0.2) is 0 Å². The molecule has 0 saturated carbocycles. The van der Waals surface area contributed by atoms with Gasteiger partial charge in [-0.25, -0.2) is 9.97 Å². The highest BCUT2D eigenvalue weighted by molar-refractivity contribution is 6.07. The summed E-state index contributed by atoms with van der Waals surface area (Å²) < 4.78 is 0. The van der Waals surface area contributed by atoms with Crippen LogP contribution in [-0.2, 0) is 13.0 Å². The first-order chi connectivity index (χ1) is 12.6. The monoisotopic (exact) mass is 346 g/mol. The van der Waals surface area contributed by atoms with E-state index in [0.29, 0.717) is 13.1 Å². The summed E-state index contributed by atoms with van der Waals surface area (Å²) in [4.78, 5) is 25.9. The molecule has 1 aromatic heterocycles. The van der Waals surface area contributed by atoms with Crippen LogP contribution in [0.25, 0.3) is 10.8 Å². The maximum atomic E-state index is 13.2. The Morgan fingerprint density at radius 3 is 2.62 bits per heavy atom. The normalized spacial score (nSPS) is 13.6. The Kier molecular flexibility index (Phi) is 4.07. The highest BCUT2D eigenvalue weighted by atomic mass is 16.2. The second-order valence-electron chi connectivity index (χ2n) is 6.97. The average molecular weight is 346 g/mol. The number of benzene rings is 2. The lowest BCUT2D eigenvalue weighted by Crippen LogP contribution is -2.37. The summed E-state index contributed by atoms with van der Waals surface area (Å²) in [6.45, 7) is 3.29. The van der Waals surface area contributed by atoms with E-state index in [2.05, 4.69) is 23.0 Å². The van der Waals surface area contributed by atoms with Gasteiger partial charge in [-0.05, 0) is 35.7 Å². The molecule has 2 heterocycles. The molecule has 0 fully saturated rings. The number of hydrogen-bond donors (Lipinski definition) is 0. The lowest BCUT2D eigenvalue weighted by Gasteiger charge is -2.30. The molecule has 5 nitrogen and oxygen atoms in total. The molecule has 0 saturated heterocycles. The first-order valence-corrected chi connectivity index (χ1v) is 8.84. The minimum Gasteiger partial charge on any atom is -0.362 e. The van der Waals surface area contributed by atoms with E-state index in [1.54, 1.807) is 6.33 Å². The molecule has 1 aliphatic rings. The molecule has 0 N–H and O–H groups in total. The van der Waals surface area contributed by atoms with Crippen molar-refractivity contribution in [1.82, 2.24) is 14.9 Å². The first-order valence-electron chi connectivity index (χ1n) is 8.84. The summed E-state index contributed by atoms with van der Waals surface area (Å²) >= 11 is 0. The van der Waals surface area contributed by atoms with Crippen molar-refractivity contribution in [3.8, 4) is 0 Å². The van der Waals surface area contributed by atoms with Crippen molar-refractivity contribution in [3.05, 3.63) is 65.1 Å². The van der Waals surface area contributed by atoms with Crippen molar-refractivity contribution in [2.45, 2.75) is 19.9 Å². The Bertz CT molecular complexity index is 996. The highest BCUT2D eigenvalue weighted by Gasteiger charge is 2.26.